The first-order valence-electron chi connectivity index (χ1n) is 5.67. The van der Waals surface area contributed by atoms with Gasteiger partial charge in [0.05, 0.1) is 11.1 Å². The molecule has 0 saturated carbocycles. The third-order valence-electron chi connectivity index (χ3n) is 3.06. The number of rotatable bonds is 1. The van der Waals surface area contributed by atoms with Gasteiger partial charge in [0.25, 0.3) is 0 Å². The zero-order chi connectivity index (χ0) is 15.2. The van der Waals surface area contributed by atoms with Crippen molar-refractivity contribution < 1.29 is 29.4 Å². The molecule has 2 aliphatic carbocycles. The van der Waals surface area contributed by atoms with E-state index in [1.54, 1.807) is 0 Å². The van der Waals surface area contributed by atoms with E-state index in [1.165, 1.54) is 13.8 Å². The average molecular weight is 274 g/mol. The third-order valence-corrected chi connectivity index (χ3v) is 3.06. The highest BCUT2D eigenvalue weighted by molar-refractivity contribution is 6.32. The van der Waals surface area contributed by atoms with Gasteiger partial charge in [-0.05, 0) is 26.0 Å². The Hall–Kier alpha value is -2.76. The number of hydrogen-bond donors (Lipinski definition) is 2. The molecule has 0 spiro atoms. The lowest BCUT2D eigenvalue weighted by Crippen LogP contribution is -2.26. The van der Waals surface area contributed by atoms with Gasteiger partial charge in [0, 0.05) is 11.1 Å². The summed E-state index contributed by atoms with van der Waals surface area (Å²) >= 11 is 0. The highest BCUT2D eigenvalue weighted by Gasteiger charge is 2.36. The van der Waals surface area contributed by atoms with Crippen molar-refractivity contribution >= 4 is 23.1 Å². The van der Waals surface area contributed by atoms with E-state index < -0.39 is 45.8 Å². The Morgan fingerprint density at radius 3 is 1.30 bits per heavy atom. The largest absolute Gasteiger partial charge is 0.504 e. The Labute approximate surface area is 113 Å². The fourth-order valence-corrected chi connectivity index (χ4v) is 1.99. The maximum Gasteiger partial charge on any atom is 0.223 e. The summed E-state index contributed by atoms with van der Waals surface area (Å²) in [6.07, 6.45) is 1.89. The van der Waals surface area contributed by atoms with Crippen molar-refractivity contribution in [1.29, 1.82) is 0 Å². The molecule has 0 aromatic heterocycles. The van der Waals surface area contributed by atoms with Crippen LogP contribution in [0.3, 0.4) is 0 Å². The number of aliphatic hydroxyl groups is 2. The number of Topliss-reactive ketones (excluding diaryl/α,β-unsaturated/α-hetero) is 2. The molecule has 0 heterocycles. The molecule has 6 nitrogen and oxygen atoms in total. The van der Waals surface area contributed by atoms with Crippen LogP contribution in [-0.2, 0) is 19.2 Å². The molecular weight excluding hydrogens is 264 g/mol. The van der Waals surface area contributed by atoms with Crippen LogP contribution in [0.15, 0.2) is 46.0 Å². The zero-order valence-electron chi connectivity index (χ0n) is 10.7. The van der Waals surface area contributed by atoms with E-state index >= 15 is 0 Å². The Morgan fingerprint density at radius 1 is 0.700 bits per heavy atom. The molecule has 0 unspecified atom stereocenters. The summed E-state index contributed by atoms with van der Waals surface area (Å²) in [4.78, 5) is 47.0. The minimum absolute atomic E-state index is 0.0117. The molecule has 6 heteroatoms. The summed E-state index contributed by atoms with van der Waals surface area (Å²) < 4.78 is 0. The second-order valence-electron chi connectivity index (χ2n) is 4.49. The minimum Gasteiger partial charge on any atom is -0.504 e. The quantitative estimate of drug-likeness (QED) is 0.685. The van der Waals surface area contributed by atoms with Crippen molar-refractivity contribution in [3.8, 4) is 0 Å². The molecule has 2 aliphatic rings. The van der Waals surface area contributed by atoms with E-state index in [0.717, 1.165) is 12.2 Å². The number of allylic oxidation sites excluding steroid dienone is 6. The maximum atomic E-state index is 11.9. The van der Waals surface area contributed by atoms with Crippen LogP contribution in [0.25, 0.3) is 0 Å². The van der Waals surface area contributed by atoms with Crippen LogP contribution >= 0.6 is 0 Å². The number of aliphatic hydroxyl groups excluding tert-OH is 2. The van der Waals surface area contributed by atoms with Gasteiger partial charge in [-0.3, -0.25) is 19.2 Å². The molecule has 2 N–H and O–H groups in total. The Balaban J connectivity index is 2.68. The van der Waals surface area contributed by atoms with Gasteiger partial charge in [-0.25, -0.2) is 0 Å². The highest BCUT2D eigenvalue weighted by atomic mass is 16.3. The Kier molecular flexibility index (Phi) is 3.01. The second-order valence-corrected chi connectivity index (χ2v) is 4.49. The monoisotopic (exact) mass is 274 g/mol. The Morgan fingerprint density at radius 2 is 1.00 bits per heavy atom. The van der Waals surface area contributed by atoms with Crippen molar-refractivity contribution in [1.82, 2.24) is 0 Å². The molecule has 2 rings (SSSR count). The van der Waals surface area contributed by atoms with Crippen molar-refractivity contribution in [3.05, 3.63) is 46.0 Å². The lowest BCUT2D eigenvalue weighted by molar-refractivity contribution is -0.119. The van der Waals surface area contributed by atoms with Gasteiger partial charge in [0.2, 0.25) is 11.6 Å². The van der Waals surface area contributed by atoms with Gasteiger partial charge >= 0.3 is 0 Å². The van der Waals surface area contributed by atoms with Crippen molar-refractivity contribution in [3.63, 3.8) is 0 Å². The highest BCUT2D eigenvalue weighted by Crippen LogP contribution is 2.29. The van der Waals surface area contributed by atoms with Gasteiger partial charge in [0.15, 0.2) is 23.1 Å². The van der Waals surface area contributed by atoms with Crippen LogP contribution in [0.2, 0.25) is 0 Å². The zero-order valence-corrected chi connectivity index (χ0v) is 10.7. The first kappa shape index (κ1) is 13.7. The van der Waals surface area contributed by atoms with Gasteiger partial charge < -0.3 is 10.2 Å². The van der Waals surface area contributed by atoms with Crippen LogP contribution in [0, 0.1) is 0 Å². The molecule has 0 amide bonds. The summed E-state index contributed by atoms with van der Waals surface area (Å²) in [5.41, 5.74) is -1.25. The number of carbonyl (C=O) groups is 4. The van der Waals surface area contributed by atoms with Gasteiger partial charge in [-0.1, -0.05) is 0 Å². The summed E-state index contributed by atoms with van der Waals surface area (Å²) in [5.74, 6) is -5.15. The Bertz CT molecular complexity index is 650. The molecule has 0 aliphatic heterocycles. The average Bonchev–Trinajstić information content (AvgIpc) is 2.37. The van der Waals surface area contributed by atoms with E-state index in [2.05, 4.69) is 0 Å². The summed E-state index contributed by atoms with van der Waals surface area (Å²) in [6.45, 7) is 2.67. The first-order chi connectivity index (χ1) is 9.25. The molecule has 0 bridgehead atoms. The van der Waals surface area contributed by atoms with Crippen LogP contribution in [0.5, 0.6) is 0 Å². The van der Waals surface area contributed by atoms with Gasteiger partial charge in [0.1, 0.15) is 0 Å². The first-order valence-corrected chi connectivity index (χ1v) is 5.67. The van der Waals surface area contributed by atoms with E-state index in [4.69, 9.17) is 0 Å². The molecule has 0 aromatic carbocycles. The smallest absolute Gasteiger partial charge is 0.223 e. The van der Waals surface area contributed by atoms with E-state index in [9.17, 15) is 29.4 Å². The van der Waals surface area contributed by atoms with Crippen molar-refractivity contribution in [2.75, 3.05) is 0 Å². The summed E-state index contributed by atoms with van der Waals surface area (Å²) in [6, 6.07) is 0. The molecule has 102 valence electrons. The van der Waals surface area contributed by atoms with Crippen LogP contribution in [-0.4, -0.2) is 33.3 Å². The summed E-state index contributed by atoms with van der Waals surface area (Å²) in [7, 11) is 0. The third kappa shape index (κ3) is 1.82. The molecule has 0 saturated heterocycles. The lowest BCUT2D eigenvalue weighted by atomic mass is 9.84. The standard InChI is InChI=1S/C14H10O6/c1-5-3-7(15)9(13(19)11(5)17)10-8(16)4-6(2)12(18)14(10)20/h3-4,19-20H,1-2H3. The molecule has 0 radical (unpaired) electrons. The fourth-order valence-electron chi connectivity index (χ4n) is 1.99. The van der Waals surface area contributed by atoms with Crippen LogP contribution in [0.1, 0.15) is 13.8 Å². The van der Waals surface area contributed by atoms with Crippen LogP contribution in [0.4, 0.5) is 0 Å². The van der Waals surface area contributed by atoms with E-state index in [0.29, 0.717) is 0 Å². The predicted molar refractivity (Wildman–Crippen MR) is 66.9 cm³/mol. The second kappa shape index (κ2) is 4.41. The number of hydrogen-bond acceptors (Lipinski definition) is 6. The minimum atomic E-state index is -0.939. The fraction of sp³-hybridized carbons (Fsp3) is 0.143. The maximum absolute atomic E-state index is 11.9. The molecule has 0 fully saturated rings. The van der Waals surface area contributed by atoms with Gasteiger partial charge in [-0.2, -0.15) is 0 Å². The number of ketones is 4. The van der Waals surface area contributed by atoms with Gasteiger partial charge in [-0.15, -0.1) is 0 Å². The topological polar surface area (TPSA) is 109 Å². The molecule has 0 aromatic rings. The molecule has 20 heavy (non-hydrogen) atoms. The number of carbonyl (C=O) groups excluding carboxylic acids is 4. The summed E-state index contributed by atoms with van der Waals surface area (Å²) in [5, 5.41) is 19.5. The SMILES string of the molecule is CC1=CC(=O)C(C2=C(O)C(=O)C(C)=CC2=O)=C(O)C1=O. The van der Waals surface area contributed by atoms with E-state index in [1.807, 2.05) is 0 Å². The molecular formula is C14H10O6. The van der Waals surface area contributed by atoms with Crippen molar-refractivity contribution in [2.45, 2.75) is 13.8 Å². The molecule has 0 atom stereocenters. The van der Waals surface area contributed by atoms with Crippen LogP contribution < -0.4 is 0 Å². The lowest BCUT2D eigenvalue weighted by Gasteiger charge is -2.18. The van der Waals surface area contributed by atoms with E-state index in [-0.39, 0.29) is 11.1 Å². The predicted octanol–water partition coefficient (Wildman–Crippen LogP) is 0.807. The normalized spacial score (nSPS) is 20.5. The van der Waals surface area contributed by atoms with Crippen molar-refractivity contribution in [2.24, 2.45) is 0 Å².